The van der Waals surface area contributed by atoms with Gasteiger partial charge in [0.15, 0.2) is 6.04 Å². The summed E-state index contributed by atoms with van der Waals surface area (Å²) in [5, 5.41) is 23.1. The topological polar surface area (TPSA) is 82.3 Å². The number of ether oxygens (including phenoxy) is 1. The van der Waals surface area contributed by atoms with Gasteiger partial charge in [-0.3, -0.25) is 0 Å². The van der Waals surface area contributed by atoms with Gasteiger partial charge >= 0.3 is 5.97 Å². The molecule has 0 saturated heterocycles. The summed E-state index contributed by atoms with van der Waals surface area (Å²) in [4.78, 5) is 12.1. The predicted octanol–water partition coefficient (Wildman–Crippen LogP) is 2.87. The first-order valence-corrected chi connectivity index (χ1v) is 6.64. The Bertz CT molecular complexity index is 647. The van der Waals surface area contributed by atoms with E-state index < -0.39 is 12.0 Å². The van der Waals surface area contributed by atoms with Crippen LogP contribution in [0.3, 0.4) is 0 Å². The van der Waals surface area contributed by atoms with Gasteiger partial charge in [-0.05, 0) is 23.6 Å². The zero-order chi connectivity index (χ0) is 14.5. The van der Waals surface area contributed by atoms with E-state index in [0.29, 0.717) is 21.9 Å². The summed E-state index contributed by atoms with van der Waals surface area (Å²) in [6, 6.07) is 9.52. The second-order valence-electron chi connectivity index (χ2n) is 3.95. The van der Waals surface area contributed by atoms with Crippen LogP contribution in [0.25, 0.3) is 0 Å². The Labute approximate surface area is 120 Å². The minimum absolute atomic E-state index is 0.369. The molecule has 2 rings (SSSR count). The van der Waals surface area contributed by atoms with Crippen LogP contribution in [0, 0.1) is 11.3 Å². The molecule has 6 heteroatoms. The van der Waals surface area contributed by atoms with Crippen LogP contribution in [0.4, 0.5) is 5.69 Å². The summed E-state index contributed by atoms with van der Waals surface area (Å²) in [5.41, 5.74) is 0.807. The predicted molar refractivity (Wildman–Crippen MR) is 76.0 cm³/mol. The fraction of sp³-hybridized carbons (Fsp3) is 0.143. The molecule has 2 aromatic rings. The van der Waals surface area contributed by atoms with Crippen LogP contribution in [0.15, 0.2) is 35.7 Å². The van der Waals surface area contributed by atoms with Crippen molar-refractivity contribution in [1.82, 2.24) is 0 Å². The highest BCUT2D eigenvalue weighted by atomic mass is 32.1. The van der Waals surface area contributed by atoms with Crippen LogP contribution in [0.1, 0.15) is 16.5 Å². The molecule has 1 atom stereocenters. The van der Waals surface area contributed by atoms with Crippen LogP contribution in [-0.2, 0) is 4.79 Å². The van der Waals surface area contributed by atoms with E-state index in [-0.39, 0.29) is 0 Å². The van der Waals surface area contributed by atoms with E-state index in [4.69, 9.17) is 10.00 Å². The van der Waals surface area contributed by atoms with E-state index in [1.807, 2.05) is 11.4 Å². The number of carboxylic acid groups (broad SMARTS) is 1. The van der Waals surface area contributed by atoms with Crippen molar-refractivity contribution < 1.29 is 14.6 Å². The molecule has 0 aliphatic carbocycles. The molecule has 0 saturated carbocycles. The van der Waals surface area contributed by atoms with E-state index >= 15 is 0 Å². The first kappa shape index (κ1) is 13.9. The van der Waals surface area contributed by atoms with Crippen molar-refractivity contribution in [2.45, 2.75) is 6.04 Å². The first-order valence-electron chi connectivity index (χ1n) is 5.76. The number of carboxylic acids is 1. The Morgan fingerprint density at radius 2 is 2.30 bits per heavy atom. The Kier molecular flexibility index (Phi) is 4.23. The van der Waals surface area contributed by atoms with Crippen LogP contribution >= 0.6 is 11.3 Å². The molecule has 0 aliphatic heterocycles. The normalized spacial score (nSPS) is 11.4. The fourth-order valence-corrected chi connectivity index (χ4v) is 2.50. The lowest BCUT2D eigenvalue weighted by atomic mass is 10.1. The van der Waals surface area contributed by atoms with Crippen molar-refractivity contribution >= 4 is 23.0 Å². The Hall–Kier alpha value is -2.52. The molecule has 20 heavy (non-hydrogen) atoms. The van der Waals surface area contributed by atoms with Gasteiger partial charge < -0.3 is 15.2 Å². The highest BCUT2D eigenvalue weighted by Crippen LogP contribution is 2.28. The Morgan fingerprint density at radius 3 is 2.85 bits per heavy atom. The SMILES string of the molecule is COc1ccc(C#N)c(NC(C(=O)O)c2cccs2)c1. The maximum atomic E-state index is 11.4. The number of nitrogens with one attached hydrogen (secondary N) is 1. The molecule has 0 aliphatic rings. The van der Waals surface area contributed by atoms with Gasteiger partial charge in [-0.2, -0.15) is 5.26 Å². The summed E-state index contributed by atoms with van der Waals surface area (Å²) in [7, 11) is 1.51. The molecule has 0 spiro atoms. The molecule has 5 nitrogen and oxygen atoms in total. The monoisotopic (exact) mass is 288 g/mol. The van der Waals surface area contributed by atoms with Crippen molar-refractivity contribution in [2.24, 2.45) is 0 Å². The highest BCUT2D eigenvalue weighted by Gasteiger charge is 2.21. The largest absolute Gasteiger partial charge is 0.497 e. The molecule has 2 N–H and O–H groups in total. The van der Waals surface area contributed by atoms with Gasteiger partial charge in [0, 0.05) is 10.9 Å². The number of hydrogen-bond donors (Lipinski definition) is 2. The molecule has 1 heterocycles. The molecule has 1 unspecified atom stereocenters. The zero-order valence-corrected chi connectivity index (χ0v) is 11.5. The Morgan fingerprint density at radius 1 is 1.50 bits per heavy atom. The highest BCUT2D eigenvalue weighted by molar-refractivity contribution is 7.10. The molecule has 0 amide bonds. The first-order chi connectivity index (χ1) is 9.65. The third kappa shape index (κ3) is 2.90. The number of nitriles is 1. The number of carbonyl (C=O) groups is 1. The van der Waals surface area contributed by atoms with E-state index in [1.54, 1.807) is 30.3 Å². The van der Waals surface area contributed by atoms with Gasteiger partial charge in [-0.1, -0.05) is 6.07 Å². The van der Waals surface area contributed by atoms with E-state index in [2.05, 4.69) is 5.32 Å². The molecule has 1 aromatic carbocycles. The standard InChI is InChI=1S/C14H12N2O3S/c1-19-10-5-4-9(8-15)11(7-10)16-13(14(17)18)12-3-2-6-20-12/h2-7,13,16H,1H3,(H,17,18). The minimum atomic E-state index is -1.00. The van der Waals surface area contributed by atoms with E-state index in [1.165, 1.54) is 18.4 Å². The van der Waals surface area contributed by atoms with Gasteiger partial charge in [0.1, 0.15) is 11.8 Å². The number of thiophene rings is 1. The molecule has 0 fully saturated rings. The lowest BCUT2D eigenvalue weighted by molar-refractivity contribution is -0.138. The molecule has 0 radical (unpaired) electrons. The van der Waals surface area contributed by atoms with Gasteiger partial charge in [0.25, 0.3) is 0 Å². The lowest BCUT2D eigenvalue weighted by Gasteiger charge is -2.16. The summed E-state index contributed by atoms with van der Waals surface area (Å²) >= 11 is 1.34. The van der Waals surface area contributed by atoms with Crippen molar-refractivity contribution in [3.8, 4) is 11.8 Å². The summed E-state index contributed by atoms with van der Waals surface area (Å²) in [6.45, 7) is 0. The maximum Gasteiger partial charge on any atom is 0.331 e. The van der Waals surface area contributed by atoms with Crippen molar-refractivity contribution in [2.75, 3.05) is 12.4 Å². The molecular weight excluding hydrogens is 276 g/mol. The van der Waals surface area contributed by atoms with Crippen molar-refractivity contribution in [3.63, 3.8) is 0 Å². The molecular formula is C14H12N2O3S. The van der Waals surface area contributed by atoms with Crippen LogP contribution in [0.2, 0.25) is 0 Å². The maximum absolute atomic E-state index is 11.4. The third-order valence-electron chi connectivity index (χ3n) is 2.72. The second-order valence-corrected chi connectivity index (χ2v) is 4.93. The zero-order valence-electron chi connectivity index (χ0n) is 10.7. The lowest BCUT2D eigenvalue weighted by Crippen LogP contribution is -2.20. The molecule has 1 aromatic heterocycles. The summed E-state index contributed by atoms with van der Waals surface area (Å²) < 4.78 is 5.09. The van der Waals surface area contributed by atoms with E-state index in [9.17, 15) is 9.90 Å². The van der Waals surface area contributed by atoms with Gasteiger partial charge in [0.2, 0.25) is 0 Å². The van der Waals surface area contributed by atoms with E-state index in [0.717, 1.165) is 0 Å². The summed E-state index contributed by atoms with van der Waals surface area (Å²) in [5.74, 6) is -0.444. The van der Waals surface area contributed by atoms with Crippen LogP contribution < -0.4 is 10.1 Å². The van der Waals surface area contributed by atoms with Crippen LogP contribution in [-0.4, -0.2) is 18.2 Å². The number of aliphatic carboxylic acids is 1. The number of anilines is 1. The number of nitrogens with zero attached hydrogens (tertiary/aromatic N) is 1. The minimum Gasteiger partial charge on any atom is -0.497 e. The van der Waals surface area contributed by atoms with Crippen molar-refractivity contribution in [1.29, 1.82) is 5.26 Å². The second kappa shape index (κ2) is 6.08. The fourth-order valence-electron chi connectivity index (χ4n) is 1.73. The average molecular weight is 288 g/mol. The number of rotatable bonds is 5. The third-order valence-corrected chi connectivity index (χ3v) is 3.66. The summed E-state index contributed by atoms with van der Waals surface area (Å²) in [6.07, 6.45) is 0. The molecule has 102 valence electrons. The molecule has 0 bridgehead atoms. The van der Waals surface area contributed by atoms with Gasteiger partial charge in [0.05, 0.1) is 18.4 Å². The van der Waals surface area contributed by atoms with Gasteiger partial charge in [-0.25, -0.2) is 4.79 Å². The number of benzene rings is 1. The average Bonchev–Trinajstić information content (AvgIpc) is 2.97. The Balaban J connectivity index is 2.36. The van der Waals surface area contributed by atoms with Gasteiger partial charge in [-0.15, -0.1) is 11.3 Å². The number of hydrogen-bond acceptors (Lipinski definition) is 5. The number of methoxy groups -OCH3 is 1. The van der Waals surface area contributed by atoms with Crippen LogP contribution in [0.5, 0.6) is 5.75 Å². The quantitative estimate of drug-likeness (QED) is 0.884. The smallest absolute Gasteiger partial charge is 0.331 e. The van der Waals surface area contributed by atoms with Crippen molar-refractivity contribution in [3.05, 3.63) is 46.2 Å².